The lowest BCUT2D eigenvalue weighted by Crippen LogP contribution is -2.53. The molecule has 0 bridgehead atoms. The fourth-order valence-electron chi connectivity index (χ4n) is 4.09. The monoisotopic (exact) mass is 345 g/mol. The molecule has 24 heavy (non-hydrogen) atoms. The highest BCUT2D eigenvalue weighted by Crippen LogP contribution is 2.56. The number of amides is 1. The van der Waals surface area contributed by atoms with Gasteiger partial charge in [-0.05, 0) is 55.9 Å². The Hall–Kier alpha value is -1.99. The number of benzene rings is 1. The van der Waals surface area contributed by atoms with Gasteiger partial charge in [0.25, 0.3) is 0 Å². The Morgan fingerprint density at radius 3 is 2.92 bits per heavy atom. The molecular formula is C17H19N3O3S. The van der Waals surface area contributed by atoms with Crippen LogP contribution in [-0.4, -0.2) is 35.7 Å². The molecule has 2 N–H and O–H groups in total. The molecule has 7 heteroatoms. The Bertz CT molecular complexity index is 957. The van der Waals surface area contributed by atoms with Crippen LogP contribution in [0, 0.1) is 12.8 Å². The Labute approximate surface area is 140 Å². The number of pyridine rings is 1. The molecule has 0 radical (unpaired) electrons. The molecule has 2 aromatic rings. The van der Waals surface area contributed by atoms with Crippen LogP contribution in [0.4, 0.5) is 0 Å². The van der Waals surface area contributed by atoms with Gasteiger partial charge in [0.05, 0.1) is 10.4 Å². The number of primary amides is 1. The van der Waals surface area contributed by atoms with E-state index in [0.717, 1.165) is 12.8 Å². The van der Waals surface area contributed by atoms with E-state index in [9.17, 15) is 13.2 Å². The third kappa shape index (κ3) is 1.94. The lowest BCUT2D eigenvalue weighted by atomic mass is 10.0. The maximum absolute atomic E-state index is 13.5. The molecule has 1 aromatic carbocycles. The highest BCUT2D eigenvalue weighted by atomic mass is 32.2. The molecule has 1 aliphatic carbocycles. The molecule has 2 atom stereocenters. The molecule has 2 fully saturated rings. The first kappa shape index (κ1) is 15.5. The first-order valence-electron chi connectivity index (χ1n) is 8.06. The van der Waals surface area contributed by atoms with Crippen molar-refractivity contribution in [3.05, 3.63) is 36.0 Å². The first-order valence-corrected chi connectivity index (χ1v) is 9.50. The van der Waals surface area contributed by atoms with E-state index in [2.05, 4.69) is 4.98 Å². The third-order valence-electron chi connectivity index (χ3n) is 5.34. The van der Waals surface area contributed by atoms with E-state index in [1.165, 1.54) is 4.31 Å². The summed E-state index contributed by atoms with van der Waals surface area (Å²) in [5, 5.41) is 0.583. The normalized spacial score (nSPS) is 27.0. The Morgan fingerprint density at radius 2 is 2.17 bits per heavy atom. The van der Waals surface area contributed by atoms with Crippen LogP contribution in [0.5, 0.6) is 0 Å². The summed E-state index contributed by atoms with van der Waals surface area (Å²) in [6, 6.07) is 7.05. The van der Waals surface area contributed by atoms with E-state index in [1.807, 2.05) is 6.07 Å². The van der Waals surface area contributed by atoms with Gasteiger partial charge < -0.3 is 5.73 Å². The van der Waals surface area contributed by atoms with Crippen molar-refractivity contribution in [3.8, 4) is 0 Å². The van der Waals surface area contributed by atoms with Crippen LogP contribution >= 0.6 is 0 Å². The highest BCUT2D eigenvalue weighted by Gasteiger charge is 2.67. The Morgan fingerprint density at radius 1 is 1.38 bits per heavy atom. The maximum Gasteiger partial charge on any atom is 0.245 e. The molecule has 0 spiro atoms. The number of aryl methyl sites for hydroxylation is 1. The number of carbonyl (C=O) groups is 1. The summed E-state index contributed by atoms with van der Waals surface area (Å²) in [4.78, 5) is 16.5. The third-order valence-corrected chi connectivity index (χ3v) is 7.49. The predicted octanol–water partition coefficient (Wildman–Crippen LogP) is 1.57. The molecule has 0 unspecified atom stereocenters. The largest absolute Gasteiger partial charge is 0.368 e. The lowest BCUT2D eigenvalue weighted by Gasteiger charge is -2.33. The van der Waals surface area contributed by atoms with Crippen molar-refractivity contribution in [2.75, 3.05) is 6.54 Å². The average molecular weight is 345 g/mol. The number of hydrogen-bond acceptors (Lipinski definition) is 4. The molecule has 2 heterocycles. The Balaban J connectivity index is 1.93. The van der Waals surface area contributed by atoms with Crippen LogP contribution in [-0.2, 0) is 14.8 Å². The summed E-state index contributed by atoms with van der Waals surface area (Å²) in [6.45, 7) is 2.10. The summed E-state index contributed by atoms with van der Waals surface area (Å²) in [6.07, 6.45) is 3.77. The van der Waals surface area contributed by atoms with Crippen LogP contribution in [0.25, 0.3) is 10.9 Å². The van der Waals surface area contributed by atoms with Gasteiger partial charge in [0.1, 0.15) is 5.54 Å². The quantitative estimate of drug-likeness (QED) is 0.914. The molecule has 126 valence electrons. The van der Waals surface area contributed by atoms with E-state index < -0.39 is 21.5 Å². The summed E-state index contributed by atoms with van der Waals surface area (Å²) in [7, 11) is -3.84. The molecule has 1 aromatic heterocycles. The maximum atomic E-state index is 13.5. The van der Waals surface area contributed by atoms with Crippen molar-refractivity contribution in [2.45, 2.75) is 36.6 Å². The zero-order chi connectivity index (χ0) is 17.1. The predicted molar refractivity (Wildman–Crippen MR) is 89.6 cm³/mol. The van der Waals surface area contributed by atoms with Crippen molar-refractivity contribution >= 4 is 26.8 Å². The fraction of sp³-hybridized carbons (Fsp3) is 0.412. The zero-order valence-electron chi connectivity index (χ0n) is 13.4. The highest BCUT2D eigenvalue weighted by molar-refractivity contribution is 7.89. The van der Waals surface area contributed by atoms with Crippen molar-refractivity contribution in [3.63, 3.8) is 0 Å². The molecule has 1 saturated heterocycles. The number of nitrogens with zero attached hydrogens (tertiary/aromatic N) is 2. The van der Waals surface area contributed by atoms with E-state index in [-0.39, 0.29) is 10.8 Å². The van der Waals surface area contributed by atoms with Crippen LogP contribution in [0.2, 0.25) is 0 Å². The minimum Gasteiger partial charge on any atom is -0.368 e. The number of rotatable bonds is 3. The van der Waals surface area contributed by atoms with Crippen molar-refractivity contribution < 1.29 is 13.2 Å². The van der Waals surface area contributed by atoms with Crippen LogP contribution < -0.4 is 5.73 Å². The molecule has 1 saturated carbocycles. The van der Waals surface area contributed by atoms with Crippen molar-refractivity contribution in [1.82, 2.24) is 9.29 Å². The van der Waals surface area contributed by atoms with Gasteiger partial charge in [-0.2, -0.15) is 4.31 Å². The van der Waals surface area contributed by atoms with Gasteiger partial charge in [0.2, 0.25) is 15.9 Å². The molecule has 1 aliphatic heterocycles. The van der Waals surface area contributed by atoms with Gasteiger partial charge >= 0.3 is 0 Å². The zero-order valence-corrected chi connectivity index (χ0v) is 14.2. The molecular weight excluding hydrogens is 326 g/mol. The minimum atomic E-state index is -3.84. The molecule has 2 aliphatic rings. The Kier molecular flexibility index (Phi) is 3.24. The van der Waals surface area contributed by atoms with Gasteiger partial charge in [-0.1, -0.05) is 6.07 Å². The van der Waals surface area contributed by atoms with Gasteiger partial charge in [0.15, 0.2) is 0 Å². The first-order chi connectivity index (χ1) is 11.4. The van der Waals surface area contributed by atoms with Gasteiger partial charge in [-0.3, -0.25) is 9.78 Å². The van der Waals surface area contributed by atoms with E-state index >= 15 is 0 Å². The van der Waals surface area contributed by atoms with Crippen LogP contribution in [0.1, 0.15) is 24.8 Å². The number of sulfonamides is 1. The number of carbonyl (C=O) groups excluding carboxylic acids is 1. The fourth-order valence-corrected chi connectivity index (χ4v) is 6.35. The number of piperidine rings is 1. The summed E-state index contributed by atoms with van der Waals surface area (Å²) in [5.41, 5.74) is 5.84. The number of hydrogen-bond donors (Lipinski definition) is 1. The SMILES string of the molecule is Cc1ccc2ncccc2c1S(=O)(=O)N1CCC[C@@H]2C[C@@]21C(N)=O. The average Bonchev–Trinajstić information content (AvgIpc) is 3.30. The van der Waals surface area contributed by atoms with E-state index in [0.29, 0.717) is 29.4 Å². The minimum absolute atomic E-state index is 0.0481. The van der Waals surface area contributed by atoms with Crippen LogP contribution in [0.3, 0.4) is 0 Å². The van der Waals surface area contributed by atoms with Crippen molar-refractivity contribution in [2.24, 2.45) is 11.7 Å². The summed E-state index contributed by atoms with van der Waals surface area (Å²) >= 11 is 0. The number of aromatic nitrogens is 1. The van der Waals surface area contributed by atoms with Gasteiger partial charge in [0, 0.05) is 18.1 Å². The topological polar surface area (TPSA) is 93.4 Å². The van der Waals surface area contributed by atoms with Crippen LogP contribution in [0.15, 0.2) is 35.4 Å². The van der Waals surface area contributed by atoms with Gasteiger partial charge in [-0.25, -0.2) is 8.42 Å². The molecule has 1 amide bonds. The lowest BCUT2D eigenvalue weighted by molar-refractivity contribution is -0.124. The molecule has 6 nitrogen and oxygen atoms in total. The van der Waals surface area contributed by atoms with Crippen molar-refractivity contribution in [1.29, 1.82) is 0 Å². The second kappa shape index (κ2) is 5.00. The second-order valence-corrected chi connectivity index (χ2v) is 8.49. The summed E-state index contributed by atoms with van der Waals surface area (Å²) < 4.78 is 28.3. The number of nitrogens with two attached hydrogens (primary N) is 1. The van der Waals surface area contributed by atoms with E-state index in [1.54, 1.807) is 31.3 Å². The molecule has 4 rings (SSSR count). The smallest absolute Gasteiger partial charge is 0.245 e. The second-order valence-electron chi connectivity index (χ2n) is 6.69. The standard InChI is InChI=1S/C17H19N3O3S/c1-11-6-7-14-13(5-2-8-19-14)15(11)24(22,23)20-9-3-4-12-10-17(12,20)16(18)21/h2,5-8,12H,3-4,9-10H2,1H3,(H2,18,21)/t12-,17+/m1/s1. The summed E-state index contributed by atoms with van der Waals surface area (Å²) in [5.74, 6) is -0.487. The van der Waals surface area contributed by atoms with Gasteiger partial charge in [-0.15, -0.1) is 0 Å². The van der Waals surface area contributed by atoms with E-state index in [4.69, 9.17) is 5.73 Å². The number of fused-ring (bicyclic) bond motifs is 2.